The molecule has 1 aliphatic carbocycles. The van der Waals surface area contributed by atoms with Gasteiger partial charge in [-0.05, 0) is 32.8 Å². The molecule has 4 heteroatoms. The van der Waals surface area contributed by atoms with Crippen LogP contribution in [0.25, 0.3) is 0 Å². The molecule has 1 fully saturated rings. The molecule has 0 heterocycles. The summed E-state index contributed by atoms with van der Waals surface area (Å²) in [5.74, 6) is -0.175. The minimum Gasteiger partial charge on any atom is -0.389 e. The van der Waals surface area contributed by atoms with Gasteiger partial charge >= 0.3 is 0 Å². The molecule has 1 aliphatic rings. The molecular formula is C16H24FNO2. The first-order valence-corrected chi connectivity index (χ1v) is 7.33. The van der Waals surface area contributed by atoms with Gasteiger partial charge < -0.3 is 9.84 Å². The van der Waals surface area contributed by atoms with Gasteiger partial charge in [0.25, 0.3) is 0 Å². The monoisotopic (exact) mass is 281 g/mol. The normalized spacial score (nSPS) is 16.9. The summed E-state index contributed by atoms with van der Waals surface area (Å²) in [6.07, 6.45) is 1.86. The first-order chi connectivity index (χ1) is 9.56. The molecule has 112 valence electrons. The Kier molecular flexibility index (Phi) is 5.52. The molecule has 0 aromatic heterocycles. The number of rotatable bonds is 8. The molecule has 1 N–H and O–H groups in total. The lowest BCUT2D eigenvalue weighted by Crippen LogP contribution is -2.36. The predicted molar refractivity (Wildman–Crippen MR) is 76.9 cm³/mol. The second-order valence-corrected chi connectivity index (χ2v) is 5.79. The Hall–Kier alpha value is -0.970. The first-order valence-electron chi connectivity index (χ1n) is 7.33. The van der Waals surface area contributed by atoms with Crippen LogP contribution in [0.5, 0.6) is 0 Å². The number of ether oxygens (including phenoxy) is 1. The summed E-state index contributed by atoms with van der Waals surface area (Å²) >= 11 is 0. The molecule has 1 aromatic rings. The van der Waals surface area contributed by atoms with Crippen molar-refractivity contribution in [3.05, 3.63) is 35.6 Å². The van der Waals surface area contributed by atoms with E-state index < -0.39 is 6.10 Å². The summed E-state index contributed by atoms with van der Waals surface area (Å²) in [5, 5.41) is 10.0. The minimum atomic E-state index is -0.523. The van der Waals surface area contributed by atoms with Crippen LogP contribution in [-0.2, 0) is 11.3 Å². The Morgan fingerprint density at radius 1 is 1.35 bits per heavy atom. The quantitative estimate of drug-likeness (QED) is 0.795. The molecule has 0 bridgehead atoms. The van der Waals surface area contributed by atoms with E-state index in [0.29, 0.717) is 31.3 Å². The van der Waals surface area contributed by atoms with Crippen molar-refractivity contribution in [3.63, 3.8) is 0 Å². The highest BCUT2D eigenvalue weighted by molar-refractivity contribution is 5.17. The number of aliphatic hydroxyl groups excluding tert-OH is 1. The van der Waals surface area contributed by atoms with Gasteiger partial charge in [0.1, 0.15) is 5.82 Å². The van der Waals surface area contributed by atoms with Gasteiger partial charge in [-0.2, -0.15) is 0 Å². The molecule has 0 aliphatic heterocycles. The standard InChI is InChI=1S/C16H24FNO2/c1-12(2)20-11-15(19)10-18(14-7-8-14)9-13-5-3-4-6-16(13)17/h3-6,12,14-15,19H,7-11H2,1-2H3/t15-/m1/s1. The molecule has 1 atom stereocenters. The van der Waals surface area contributed by atoms with Gasteiger partial charge in [0.2, 0.25) is 0 Å². The fourth-order valence-electron chi connectivity index (χ4n) is 2.25. The van der Waals surface area contributed by atoms with Gasteiger partial charge in [-0.1, -0.05) is 18.2 Å². The third kappa shape index (κ3) is 4.85. The SMILES string of the molecule is CC(C)OC[C@H](O)CN(Cc1ccccc1F)C1CC1. The number of hydrogen-bond donors (Lipinski definition) is 1. The topological polar surface area (TPSA) is 32.7 Å². The number of nitrogens with zero attached hydrogens (tertiary/aromatic N) is 1. The molecule has 0 spiro atoms. The van der Waals surface area contributed by atoms with Crippen LogP contribution >= 0.6 is 0 Å². The van der Waals surface area contributed by atoms with Crippen LogP contribution in [-0.4, -0.2) is 41.4 Å². The molecule has 20 heavy (non-hydrogen) atoms. The first kappa shape index (κ1) is 15.4. The van der Waals surface area contributed by atoms with E-state index in [0.717, 1.165) is 12.8 Å². The van der Waals surface area contributed by atoms with Gasteiger partial charge in [-0.3, -0.25) is 4.90 Å². The average molecular weight is 281 g/mol. The van der Waals surface area contributed by atoms with E-state index in [1.807, 2.05) is 26.0 Å². The van der Waals surface area contributed by atoms with Crippen LogP contribution in [0, 0.1) is 5.82 Å². The Morgan fingerprint density at radius 2 is 2.05 bits per heavy atom. The molecule has 0 saturated heterocycles. The smallest absolute Gasteiger partial charge is 0.127 e. The van der Waals surface area contributed by atoms with Gasteiger partial charge in [-0.15, -0.1) is 0 Å². The molecule has 1 saturated carbocycles. The van der Waals surface area contributed by atoms with E-state index >= 15 is 0 Å². The van der Waals surface area contributed by atoms with Crippen molar-refractivity contribution in [3.8, 4) is 0 Å². The van der Waals surface area contributed by atoms with Crippen LogP contribution < -0.4 is 0 Å². The zero-order chi connectivity index (χ0) is 14.5. The summed E-state index contributed by atoms with van der Waals surface area (Å²) in [6.45, 7) is 5.31. The Balaban J connectivity index is 1.89. The molecule has 2 rings (SSSR count). The summed E-state index contributed by atoms with van der Waals surface area (Å²) in [4.78, 5) is 2.16. The Bertz CT molecular complexity index is 421. The maximum atomic E-state index is 13.7. The van der Waals surface area contributed by atoms with E-state index in [4.69, 9.17) is 4.74 Å². The Labute approximate surface area is 120 Å². The van der Waals surface area contributed by atoms with Crippen molar-refractivity contribution in [1.29, 1.82) is 0 Å². The minimum absolute atomic E-state index is 0.116. The van der Waals surface area contributed by atoms with Crippen molar-refractivity contribution in [2.75, 3.05) is 13.2 Å². The lowest BCUT2D eigenvalue weighted by atomic mass is 10.2. The van der Waals surface area contributed by atoms with E-state index in [9.17, 15) is 9.50 Å². The van der Waals surface area contributed by atoms with Gasteiger partial charge in [0.05, 0.1) is 18.8 Å². The highest BCUT2D eigenvalue weighted by Gasteiger charge is 2.30. The van der Waals surface area contributed by atoms with Crippen LogP contribution in [0.15, 0.2) is 24.3 Å². The molecule has 1 aromatic carbocycles. The largest absolute Gasteiger partial charge is 0.389 e. The summed E-state index contributed by atoms with van der Waals surface area (Å²) in [6, 6.07) is 7.32. The average Bonchev–Trinajstić information content (AvgIpc) is 3.22. The van der Waals surface area contributed by atoms with Gasteiger partial charge in [-0.25, -0.2) is 4.39 Å². The van der Waals surface area contributed by atoms with E-state index in [1.165, 1.54) is 6.07 Å². The number of aliphatic hydroxyl groups is 1. The zero-order valence-electron chi connectivity index (χ0n) is 12.3. The fraction of sp³-hybridized carbons (Fsp3) is 0.625. The van der Waals surface area contributed by atoms with Crippen LogP contribution in [0.3, 0.4) is 0 Å². The molecule has 0 unspecified atom stereocenters. The zero-order valence-corrected chi connectivity index (χ0v) is 12.3. The fourth-order valence-corrected chi connectivity index (χ4v) is 2.25. The second kappa shape index (κ2) is 7.16. The Morgan fingerprint density at radius 3 is 2.65 bits per heavy atom. The second-order valence-electron chi connectivity index (χ2n) is 5.79. The van der Waals surface area contributed by atoms with Gasteiger partial charge in [0.15, 0.2) is 0 Å². The lowest BCUT2D eigenvalue weighted by molar-refractivity contribution is -0.0108. The van der Waals surface area contributed by atoms with Crippen molar-refractivity contribution in [1.82, 2.24) is 4.90 Å². The summed E-state index contributed by atoms with van der Waals surface area (Å²) < 4.78 is 19.1. The third-order valence-electron chi connectivity index (χ3n) is 3.46. The van der Waals surface area contributed by atoms with Crippen LogP contribution in [0.4, 0.5) is 4.39 Å². The van der Waals surface area contributed by atoms with E-state index in [1.54, 1.807) is 6.07 Å². The van der Waals surface area contributed by atoms with Crippen LogP contribution in [0.1, 0.15) is 32.3 Å². The highest BCUT2D eigenvalue weighted by Crippen LogP contribution is 2.28. The molecule has 0 radical (unpaired) electrons. The number of benzene rings is 1. The number of halogens is 1. The van der Waals surface area contributed by atoms with Crippen molar-refractivity contribution in [2.24, 2.45) is 0 Å². The van der Waals surface area contributed by atoms with Crippen LogP contribution in [0.2, 0.25) is 0 Å². The maximum absolute atomic E-state index is 13.7. The van der Waals surface area contributed by atoms with Gasteiger partial charge in [0, 0.05) is 24.7 Å². The van der Waals surface area contributed by atoms with E-state index in [-0.39, 0.29) is 11.9 Å². The summed E-state index contributed by atoms with van der Waals surface area (Å²) in [7, 11) is 0. The molecule has 0 amide bonds. The maximum Gasteiger partial charge on any atom is 0.127 e. The third-order valence-corrected chi connectivity index (χ3v) is 3.46. The van der Waals surface area contributed by atoms with Crippen molar-refractivity contribution < 1.29 is 14.2 Å². The predicted octanol–water partition coefficient (Wildman–Crippen LogP) is 2.58. The van der Waals surface area contributed by atoms with Crippen molar-refractivity contribution >= 4 is 0 Å². The van der Waals surface area contributed by atoms with Crippen molar-refractivity contribution in [2.45, 2.75) is 51.5 Å². The highest BCUT2D eigenvalue weighted by atomic mass is 19.1. The van der Waals surface area contributed by atoms with E-state index in [2.05, 4.69) is 4.90 Å². The summed E-state index contributed by atoms with van der Waals surface area (Å²) in [5.41, 5.74) is 0.691. The lowest BCUT2D eigenvalue weighted by Gasteiger charge is -2.25. The molecular weight excluding hydrogens is 257 g/mol. The number of hydrogen-bond acceptors (Lipinski definition) is 3. The molecule has 3 nitrogen and oxygen atoms in total.